The van der Waals surface area contributed by atoms with Crippen LogP contribution in [0.4, 0.5) is 9.57 Å². The molecule has 13 heavy (non-hydrogen) atoms. The van der Waals surface area contributed by atoms with Gasteiger partial charge in [-0.3, -0.25) is 0 Å². The molecule has 1 rings (SSSR count). The summed E-state index contributed by atoms with van der Waals surface area (Å²) in [7, 11) is -4.71. The number of benzene rings is 1. The lowest BCUT2D eigenvalue weighted by molar-refractivity contribution is 0.552. The summed E-state index contributed by atoms with van der Waals surface area (Å²) < 4.78 is 34.1. The van der Waals surface area contributed by atoms with Gasteiger partial charge in [0.05, 0.1) is 5.69 Å². The summed E-state index contributed by atoms with van der Waals surface area (Å²) >= 11 is 0. The molecule has 1 aromatic rings. The Labute approximate surface area is 76.6 Å². The van der Waals surface area contributed by atoms with Gasteiger partial charge in [0.25, 0.3) is 0 Å². The number of nitrogen functional groups attached to an aromatic ring is 1. The van der Waals surface area contributed by atoms with Crippen molar-refractivity contribution in [2.75, 3.05) is 5.73 Å². The zero-order valence-corrected chi connectivity index (χ0v) is 8.15. The maximum Gasteiger partial charge on any atom is 0.334 e. The molecule has 0 atom stereocenters. The highest BCUT2D eigenvalue weighted by molar-refractivity contribution is 7.86. The van der Waals surface area contributed by atoms with Crippen molar-refractivity contribution in [3.8, 4) is 0 Å². The molecule has 1 aromatic carbocycles. The van der Waals surface area contributed by atoms with Crippen molar-refractivity contribution in [1.29, 1.82) is 0 Å². The summed E-state index contributed by atoms with van der Waals surface area (Å²) in [5, 5.41) is 0. The van der Waals surface area contributed by atoms with Crippen LogP contribution in [0, 0.1) is 13.8 Å². The van der Waals surface area contributed by atoms with E-state index < -0.39 is 15.1 Å². The second-order valence-electron chi connectivity index (χ2n) is 2.88. The first-order valence-corrected chi connectivity index (χ1v) is 5.02. The lowest BCUT2D eigenvalue weighted by Gasteiger charge is -2.07. The Morgan fingerprint density at radius 2 is 1.69 bits per heavy atom. The minimum Gasteiger partial charge on any atom is -0.397 e. The molecule has 2 N–H and O–H groups in total. The van der Waals surface area contributed by atoms with Gasteiger partial charge in [-0.25, -0.2) is 0 Å². The largest absolute Gasteiger partial charge is 0.397 e. The van der Waals surface area contributed by atoms with Crippen LogP contribution in [0.25, 0.3) is 0 Å². The third-order valence-corrected chi connectivity index (χ3v) is 2.88. The van der Waals surface area contributed by atoms with Gasteiger partial charge in [-0.2, -0.15) is 8.42 Å². The second kappa shape index (κ2) is 2.99. The summed E-state index contributed by atoms with van der Waals surface area (Å²) in [4.78, 5) is -0.410. The first-order valence-electron chi connectivity index (χ1n) is 3.64. The fourth-order valence-electron chi connectivity index (χ4n) is 1.13. The van der Waals surface area contributed by atoms with Crippen LogP contribution in [-0.4, -0.2) is 8.42 Å². The molecule has 0 aliphatic carbocycles. The number of aryl methyl sites for hydroxylation is 2. The summed E-state index contributed by atoms with van der Waals surface area (Å²) in [5.41, 5.74) is 6.32. The molecule has 0 fully saturated rings. The van der Waals surface area contributed by atoms with Gasteiger partial charge in [-0.15, -0.1) is 3.89 Å². The first kappa shape index (κ1) is 9.98. The average molecular weight is 203 g/mol. The van der Waals surface area contributed by atoms with E-state index in [0.717, 1.165) is 0 Å². The highest BCUT2D eigenvalue weighted by atomic mass is 32.3. The monoisotopic (exact) mass is 203 g/mol. The minimum absolute atomic E-state index is 0.0116. The van der Waals surface area contributed by atoms with Gasteiger partial charge in [-0.05, 0) is 25.0 Å². The molecule has 72 valence electrons. The second-order valence-corrected chi connectivity index (χ2v) is 4.16. The Morgan fingerprint density at radius 3 is 2.08 bits per heavy atom. The third-order valence-electron chi connectivity index (χ3n) is 1.85. The van der Waals surface area contributed by atoms with Crippen LogP contribution in [0.15, 0.2) is 17.0 Å². The average Bonchev–Trinajstić information content (AvgIpc) is 1.95. The van der Waals surface area contributed by atoms with Crippen molar-refractivity contribution in [2.45, 2.75) is 18.7 Å². The summed E-state index contributed by atoms with van der Waals surface area (Å²) in [6.07, 6.45) is 0. The van der Waals surface area contributed by atoms with Crippen molar-refractivity contribution in [3.63, 3.8) is 0 Å². The molecule has 0 saturated heterocycles. The fourth-order valence-corrected chi connectivity index (χ4v) is 2.01. The van der Waals surface area contributed by atoms with Crippen LogP contribution < -0.4 is 5.73 Å². The van der Waals surface area contributed by atoms with E-state index in [1.807, 2.05) is 0 Å². The van der Waals surface area contributed by atoms with Crippen LogP contribution in [0.5, 0.6) is 0 Å². The summed E-state index contributed by atoms with van der Waals surface area (Å²) in [6.45, 7) is 3.13. The molecule has 0 aliphatic heterocycles. The number of anilines is 1. The van der Waals surface area contributed by atoms with Gasteiger partial charge < -0.3 is 5.73 Å². The Balaban J connectivity index is 3.62. The highest BCUT2D eigenvalue weighted by Gasteiger charge is 2.19. The Morgan fingerprint density at radius 1 is 1.23 bits per heavy atom. The van der Waals surface area contributed by atoms with Gasteiger partial charge in [0.15, 0.2) is 0 Å². The Kier molecular flexibility index (Phi) is 2.30. The fraction of sp³-hybridized carbons (Fsp3) is 0.250. The quantitative estimate of drug-likeness (QED) is 0.556. The third kappa shape index (κ3) is 1.80. The molecule has 0 radical (unpaired) electrons. The standard InChI is InChI=1S/C8H10FNO2S/c1-5-3-4-6(2)8(7(5)10)13(9,11)12/h3-4H,10H2,1-2H3. The van der Waals surface area contributed by atoms with Crippen LogP contribution in [0.1, 0.15) is 11.1 Å². The van der Waals surface area contributed by atoms with E-state index in [9.17, 15) is 12.3 Å². The van der Waals surface area contributed by atoms with Crippen molar-refractivity contribution < 1.29 is 12.3 Å². The summed E-state index contributed by atoms with van der Waals surface area (Å²) in [5.74, 6) is 0. The number of nitrogens with two attached hydrogens (primary N) is 1. The molecule has 3 nitrogen and oxygen atoms in total. The lowest BCUT2D eigenvalue weighted by Crippen LogP contribution is -2.03. The van der Waals surface area contributed by atoms with Crippen LogP contribution >= 0.6 is 0 Å². The summed E-state index contributed by atoms with van der Waals surface area (Å²) in [6, 6.07) is 3.18. The zero-order chi connectivity index (χ0) is 10.2. The van der Waals surface area contributed by atoms with E-state index in [4.69, 9.17) is 5.73 Å². The van der Waals surface area contributed by atoms with E-state index in [1.165, 1.54) is 13.0 Å². The van der Waals surface area contributed by atoms with Crippen molar-refractivity contribution >= 4 is 15.9 Å². The molecule has 0 spiro atoms. The molecule has 0 aromatic heterocycles. The van der Waals surface area contributed by atoms with Crippen LogP contribution in [0.2, 0.25) is 0 Å². The molecule has 0 amide bonds. The van der Waals surface area contributed by atoms with Gasteiger partial charge in [0.2, 0.25) is 0 Å². The van der Waals surface area contributed by atoms with Gasteiger partial charge >= 0.3 is 10.2 Å². The predicted molar refractivity (Wildman–Crippen MR) is 48.6 cm³/mol. The topological polar surface area (TPSA) is 60.2 Å². The number of halogens is 1. The Bertz CT molecular complexity index is 440. The molecule has 0 saturated carbocycles. The van der Waals surface area contributed by atoms with Crippen molar-refractivity contribution in [2.24, 2.45) is 0 Å². The van der Waals surface area contributed by atoms with Gasteiger partial charge in [0.1, 0.15) is 4.90 Å². The Hall–Kier alpha value is -1.10. The molecule has 0 aliphatic rings. The van der Waals surface area contributed by atoms with E-state index in [2.05, 4.69) is 0 Å². The number of rotatable bonds is 1. The van der Waals surface area contributed by atoms with E-state index in [1.54, 1.807) is 13.0 Å². The van der Waals surface area contributed by atoms with E-state index in [-0.39, 0.29) is 5.69 Å². The SMILES string of the molecule is Cc1ccc(C)c(S(=O)(=O)F)c1N. The van der Waals surface area contributed by atoms with E-state index >= 15 is 0 Å². The number of hydrogen-bond donors (Lipinski definition) is 1. The van der Waals surface area contributed by atoms with Crippen molar-refractivity contribution in [1.82, 2.24) is 0 Å². The van der Waals surface area contributed by atoms with Crippen LogP contribution in [0.3, 0.4) is 0 Å². The lowest BCUT2D eigenvalue weighted by atomic mass is 10.1. The van der Waals surface area contributed by atoms with Gasteiger partial charge in [-0.1, -0.05) is 12.1 Å². The first-order chi connectivity index (χ1) is 5.84. The van der Waals surface area contributed by atoms with E-state index in [0.29, 0.717) is 11.1 Å². The molecule has 0 unspecified atom stereocenters. The zero-order valence-electron chi connectivity index (χ0n) is 7.33. The molecular weight excluding hydrogens is 193 g/mol. The van der Waals surface area contributed by atoms with Crippen molar-refractivity contribution in [3.05, 3.63) is 23.3 Å². The van der Waals surface area contributed by atoms with Crippen LogP contribution in [-0.2, 0) is 10.2 Å². The minimum atomic E-state index is -4.71. The smallest absolute Gasteiger partial charge is 0.334 e. The molecule has 0 heterocycles. The molecular formula is C8H10FNO2S. The molecule has 0 bridgehead atoms. The maximum atomic E-state index is 12.7. The normalized spacial score (nSPS) is 11.6. The maximum absolute atomic E-state index is 12.7. The predicted octanol–water partition coefficient (Wildman–Crippen LogP) is 1.54. The number of hydrogen-bond acceptors (Lipinski definition) is 3. The highest BCUT2D eigenvalue weighted by Crippen LogP contribution is 2.26. The van der Waals surface area contributed by atoms with Gasteiger partial charge in [0, 0.05) is 0 Å². The molecule has 5 heteroatoms.